The minimum Gasteiger partial charge on any atom is -0.398 e. The molecule has 0 aliphatic heterocycles. The van der Waals surface area contributed by atoms with Crippen LogP contribution in [0.25, 0.3) is 22.7 Å². The Hall–Kier alpha value is -2.48. The average molecular weight is 260 g/mol. The largest absolute Gasteiger partial charge is 0.398 e. The second kappa shape index (κ2) is 4.27. The molecule has 0 spiro atoms. The van der Waals surface area contributed by atoms with Crippen LogP contribution in [-0.4, -0.2) is 4.57 Å². The van der Waals surface area contributed by atoms with Crippen molar-refractivity contribution < 1.29 is 0 Å². The summed E-state index contributed by atoms with van der Waals surface area (Å²) in [6.45, 7) is 0. The highest BCUT2D eigenvalue weighted by Gasteiger charge is 2.19. The zero-order chi connectivity index (χ0) is 13.5. The molecule has 0 saturated carbocycles. The molecule has 2 N–H and O–H groups in total. The lowest BCUT2D eigenvalue weighted by Crippen LogP contribution is -2.02. The molecule has 20 heavy (non-hydrogen) atoms. The molecule has 2 heteroatoms. The Bertz CT molecular complexity index is 810. The molecule has 1 aromatic heterocycles. The van der Waals surface area contributed by atoms with Gasteiger partial charge in [-0.1, -0.05) is 36.4 Å². The van der Waals surface area contributed by atoms with Gasteiger partial charge in [-0.05, 0) is 37.1 Å². The number of fused-ring (bicyclic) bond motifs is 3. The molecule has 1 aliphatic carbocycles. The average Bonchev–Trinajstić information content (AvgIpc) is 2.84. The first-order valence-electron chi connectivity index (χ1n) is 7.00. The molecule has 2 nitrogen and oxygen atoms in total. The quantitative estimate of drug-likeness (QED) is 0.654. The van der Waals surface area contributed by atoms with Gasteiger partial charge in [0.1, 0.15) is 0 Å². The van der Waals surface area contributed by atoms with Crippen LogP contribution in [0.4, 0.5) is 5.69 Å². The van der Waals surface area contributed by atoms with Gasteiger partial charge in [0.2, 0.25) is 0 Å². The SMILES string of the molecule is Nc1cccc2c1c1c(n2-c2ccccc2)CCC=C1. The molecule has 1 heterocycles. The zero-order valence-electron chi connectivity index (χ0n) is 11.2. The van der Waals surface area contributed by atoms with E-state index >= 15 is 0 Å². The number of hydrogen-bond acceptors (Lipinski definition) is 1. The first-order valence-corrected chi connectivity index (χ1v) is 7.00. The van der Waals surface area contributed by atoms with E-state index in [0.29, 0.717) is 0 Å². The third-order valence-electron chi connectivity index (χ3n) is 4.01. The molecule has 0 saturated heterocycles. The highest BCUT2D eigenvalue weighted by Crippen LogP contribution is 2.36. The lowest BCUT2D eigenvalue weighted by Gasteiger charge is -2.12. The van der Waals surface area contributed by atoms with E-state index in [1.165, 1.54) is 27.8 Å². The Labute approximate surface area is 118 Å². The van der Waals surface area contributed by atoms with Gasteiger partial charge < -0.3 is 10.3 Å². The van der Waals surface area contributed by atoms with E-state index < -0.39 is 0 Å². The van der Waals surface area contributed by atoms with Crippen molar-refractivity contribution in [1.82, 2.24) is 4.57 Å². The number of allylic oxidation sites excluding steroid dienone is 1. The third-order valence-corrected chi connectivity index (χ3v) is 4.01. The summed E-state index contributed by atoms with van der Waals surface area (Å²) in [5, 5.41) is 1.18. The fraction of sp³-hybridized carbons (Fsp3) is 0.111. The van der Waals surface area contributed by atoms with Crippen molar-refractivity contribution in [3.8, 4) is 5.69 Å². The molecule has 0 amide bonds. The molecule has 3 aromatic rings. The van der Waals surface area contributed by atoms with Gasteiger partial charge in [-0.25, -0.2) is 0 Å². The van der Waals surface area contributed by atoms with E-state index in [9.17, 15) is 0 Å². The number of anilines is 1. The van der Waals surface area contributed by atoms with Gasteiger partial charge >= 0.3 is 0 Å². The molecule has 0 unspecified atom stereocenters. The maximum atomic E-state index is 6.22. The summed E-state index contributed by atoms with van der Waals surface area (Å²) in [5.41, 5.74) is 12.1. The van der Waals surface area contributed by atoms with Crippen molar-refractivity contribution in [2.75, 3.05) is 5.73 Å². The van der Waals surface area contributed by atoms with E-state index in [1.54, 1.807) is 0 Å². The Morgan fingerprint density at radius 2 is 1.80 bits per heavy atom. The van der Waals surface area contributed by atoms with Gasteiger partial charge in [-0.15, -0.1) is 0 Å². The lowest BCUT2D eigenvalue weighted by atomic mass is 10.0. The normalized spacial score (nSPS) is 13.6. The smallest absolute Gasteiger partial charge is 0.0558 e. The first kappa shape index (κ1) is 11.4. The highest BCUT2D eigenvalue weighted by molar-refractivity contribution is 6.01. The van der Waals surface area contributed by atoms with Crippen molar-refractivity contribution in [3.05, 3.63) is 65.9 Å². The Morgan fingerprint density at radius 1 is 0.950 bits per heavy atom. The minimum atomic E-state index is 0.861. The molecule has 98 valence electrons. The molecule has 0 bridgehead atoms. The number of nitrogens with two attached hydrogens (primary N) is 1. The second-order valence-corrected chi connectivity index (χ2v) is 5.21. The summed E-state index contributed by atoms with van der Waals surface area (Å²) in [7, 11) is 0. The van der Waals surface area contributed by atoms with E-state index in [2.05, 4.69) is 53.1 Å². The number of nitrogen functional groups attached to an aromatic ring is 1. The molecule has 0 radical (unpaired) electrons. The van der Waals surface area contributed by atoms with Crippen LogP contribution < -0.4 is 5.73 Å². The van der Waals surface area contributed by atoms with Gasteiger partial charge in [0.25, 0.3) is 0 Å². The third kappa shape index (κ3) is 1.51. The number of para-hydroxylation sites is 1. The van der Waals surface area contributed by atoms with Crippen LogP contribution in [0.3, 0.4) is 0 Å². The monoisotopic (exact) mass is 260 g/mol. The first-order chi connectivity index (χ1) is 9.86. The fourth-order valence-corrected chi connectivity index (χ4v) is 3.17. The van der Waals surface area contributed by atoms with Crippen molar-refractivity contribution in [2.45, 2.75) is 12.8 Å². The van der Waals surface area contributed by atoms with E-state index in [4.69, 9.17) is 5.73 Å². The Morgan fingerprint density at radius 3 is 2.65 bits per heavy atom. The van der Waals surface area contributed by atoms with E-state index in [1.807, 2.05) is 12.1 Å². The molecule has 2 aromatic carbocycles. The van der Waals surface area contributed by atoms with Crippen molar-refractivity contribution in [1.29, 1.82) is 0 Å². The molecule has 0 atom stereocenters. The summed E-state index contributed by atoms with van der Waals surface area (Å²) < 4.78 is 2.35. The van der Waals surface area contributed by atoms with Crippen LogP contribution in [0.1, 0.15) is 17.7 Å². The zero-order valence-corrected chi connectivity index (χ0v) is 11.2. The van der Waals surface area contributed by atoms with Crippen LogP contribution in [0.5, 0.6) is 0 Å². The molecular weight excluding hydrogens is 244 g/mol. The standard InChI is InChI=1S/C18H16N2/c19-15-10-6-12-17-18(15)14-9-4-5-11-16(14)20(17)13-7-2-1-3-8-13/h1-4,6-10,12H,5,11,19H2. The van der Waals surface area contributed by atoms with Crippen LogP contribution in [-0.2, 0) is 6.42 Å². The molecule has 4 rings (SSSR count). The predicted octanol–water partition coefficient (Wildman–Crippen LogP) is 4.17. The summed E-state index contributed by atoms with van der Waals surface area (Å²) >= 11 is 0. The Kier molecular flexibility index (Phi) is 2.43. The maximum absolute atomic E-state index is 6.22. The predicted molar refractivity (Wildman–Crippen MR) is 85.0 cm³/mol. The number of aromatic nitrogens is 1. The van der Waals surface area contributed by atoms with Crippen LogP contribution >= 0.6 is 0 Å². The van der Waals surface area contributed by atoms with Gasteiger partial charge in [0.15, 0.2) is 0 Å². The van der Waals surface area contributed by atoms with Crippen molar-refractivity contribution in [3.63, 3.8) is 0 Å². The van der Waals surface area contributed by atoms with Crippen LogP contribution in [0.2, 0.25) is 0 Å². The summed E-state index contributed by atoms with van der Waals surface area (Å²) in [6, 6.07) is 16.7. The van der Waals surface area contributed by atoms with Gasteiger partial charge in [-0.3, -0.25) is 0 Å². The summed E-state index contributed by atoms with van der Waals surface area (Å²) in [5.74, 6) is 0. The number of nitrogens with zero attached hydrogens (tertiary/aromatic N) is 1. The van der Waals surface area contributed by atoms with Crippen molar-refractivity contribution in [2.24, 2.45) is 0 Å². The molecular formula is C18H16N2. The minimum absolute atomic E-state index is 0.861. The number of benzene rings is 2. The summed E-state index contributed by atoms with van der Waals surface area (Å²) in [4.78, 5) is 0. The van der Waals surface area contributed by atoms with Crippen molar-refractivity contribution >= 4 is 22.7 Å². The van der Waals surface area contributed by atoms with Gasteiger partial charge in [-0.2, -0.15) is 0 Å². The van der Waals surface area contributed by atoms with Gasteiger partial charge in [0, 0.05) is 28.0 Å². The number of hydrogen-bond donors (Lipinski definition) is 1. The maximum Gasteiger partial charge on any atom is 0.0558 e. The van der Waals surface area contributed by atoms with Gasteiger partial charge in [0.05, 0.1) is 5.52 Å². The lowest BCUT2D eigenvalue weighted by molar-refractivity contribution is 0.888. The summed E-state index contributed by atoms with van der Waals surface area (Å²) in [6.07, 6.45) is 6.62. The van der Waals surface area contributed by atoms with E-state index in [0.717, 1.165) is 18.5 Å². The Balaban J connectivity index is 2.16. The fourth-order valence-electron chi connectivity index (χ4n) is 3.17. The molecule has 1 aliphatic rings. The van der Waals surface area contributed by atoms with E-state index in [-0.39, 0.29) is 0 Å². The second-order valence-electron chi connectivity index (χ2n) is 5.21. The van der Waals surface area contributed by atoms with Crippen LogP contribution in [0.15, 0.2) is 54.6 Å². The topological polar surface area (TPSA) is 30.9 Å². The highest BCUT2D eigenvalue weighted by atomic mass is 15.0. The number of rotatable bonds is 1. The molecule has 0 fully saturated rings. The van der Waals surface area contributed by atoms with Crippen LogP contribution in [0, 0.1) is 0 Å².